The van der Waals surface area contributed by atoms with Gasteiger partial charge in [0, 0.05) is 11.6 Å². The number of carbonyl (C=O) groups is 1. The number of amides is 1. The summed E-state index contributed by atoms with van der Waals surface area (Å²) in [4.78, 5) is 12.1. The SMILES string of the molecule is Cc1ccc(NC(=O)C2CCNCC2)cc1S(N)(=O)=O.Cl. The summed E-state index contributed by atoms with van der Waals surface area (Å²) >= 11 is 0. The highest BCUT2D eigenvalue weighted by atomic mass is 35.5. The van der Waals surface area contributed by atoms with E-state index in [1.165, 1.54) is 6.07 Å². The number of aryl methyl sites for hydroxylation is 1. The van der Waals surface area contributed by atoms with Gasteiger partial charge in [-0.2, -0.15) is 0 Å². The van der Waals surface area contributed by atoms with Crippen molar-refractivity contribution in [2.24, 2.45) is 11.1 Å². The molecule has 4 N–H and O–H groups in total. The van der Waals surface area contributed by atoms with Crippen LogP contribution in [0.4, 0.5) is 5.69 Å². The van der Waals surface area contributed by atoms with E-state index in [0.29, 0.717) is 11.3 Å². The molecule has 21 heavy (non-hydrogen) atoms. The van der Waals surface area contributed by atoms with E-state index < -0.39 is 10.0 Å². The van der Waals surface area contributed by atoms with Crippen LogP contribution >= 0.6 is 12.4 Å². The zero-order valence-electron chi connectivity index (χ0n) is 11.8. The molecule has 0 unspecified atom stereocenters. The lowest BCUT2D eigenvalue weighted by Gasteiger charge is -2.22. The van der Waals surface area contributed by atoms with Crippen molar-refractivity contribution in [3.8, 4) is 0 Å². The Kier molecular flexibility index (Phi) is 6.15. The predicted molar refractivity (Wildman–Crippen MR) is 84.0 cm³/mol. The van der Waals surface area contributed by atoms with Gasteiger partial charge in [-0.1, -0.05) is 6.07 Å². The molecule has 8 heteroatoms. The summed E-state index contributed by atoms with van der Waals surface area (Å²) in [5.41, 5.74) is 1.02. The van der Waals surface area contributed by atoms with Crippen molar-refractivity contribution in [3.63, 3.8) is 0 Å². The van der Waals surface area contributed by atoms with Crippen molar-refractivity contribution >= 4 is 34.0 Å². The lowest BCUT2D eigenvalue weighted by atomic mass is 9.97. The molecule has 0 saturated carbocycles. The smallest absolute Gasteiger partial charge is 0.238 e. The van der Waals surface area contributed by atoms with Crippen LogP contribution in [0.25, 0.3) is 0 Å². The van der Waals surface area contributed by atoms with Gasteiger partial charge in [0.1, 0.15) is 0 Å². The highest BCUT2D eigenvalue weighted by molar-refractivity contribution is 7.89. The molecule has 1 saturated heterocycles. The molecular formula is C13H20ClN3O3S. The second kappa shape index (κ2) is 7.22. The standard InChI is InChI=1S/C13H19N3O3S.ClH/c1-9-2-3-11(8-12(9)20(14,18)19)16-13(17)10-4-6-15-7-5-10;/h2-3,8,10,15H,4-7H2,1H3,(H,16,17)(H2,14,18,19);1H. The van der Waals surface area contributed by atoms with E-state index in [9.17, 15) is 13.2 Å². The molecule has 1 aromatic rings. The number of nitrogens with two attached hydrogens (primary N) is 1. The topological polar surface area (TPSA) is 101 Å². The van der Waals surface area contributed by atoms with Crippen LogP contribution in [0.15, 0.2) is 23.1 Å². The molecule has 0 bridgehead atoms. The first-order valence-electron chi connectivity index (χ1n) is 6.53. The van der Waals surface area contributed by atoms with E-state index in [4.69, 9.17) is 5.14 Å². The molecule has 0 radical (unpaired) electrons. The third-order valence-corrected chi connectivity index (χ3v) is 4.53. The molecule has 6 nitrogen and oxygen atoms in total. The number of piperidine rings is 1. The minimum atomic E-state index is -3.78. The maximum atomic E-state index is 12.1. The van der Waals surface area contributed by atoms with E-state index in [1.807, 2.05) is 0 Å². The third-order valence-electron chi connectivity index (χ3n) is 3.47. The lowest BCUT2D eigenvalue weighted by molar-refractivity contribution is -0.120. The summed E-state index contributed by atoms with van der Waals surface area (Å²) in [6, 6.07) is 4.73. The molecule has 118 valence electrons. The molecule has 1 heterocycles. The number of sulfonamides is 1. The Balaban J connectivity index is 0.00000220. The fraction of sp³-hybridized carbons (Fsp3) is 0.462. The molecule has 0 aliphatic carbocycles. The number of hydrogen-bond acceptors (Lipinski definition) is 4. The second-order valence-electron chi connectivity index (χ2n) is 5.04. The minimum absolute atomic E-state index is 0. The van der Waals surface area contributed by atoms with Crippen molar-refractivity contribution in [3.05, 3.63) is 23.8 Å². The van der Waals surface area contributed by atoms with E-state index in [0.717, 1.165) is 25.9 Å². The Morgan fingerprint density at radius 3 is 2.52 bits per heavy atom. The van der Waals surface area contributed by atoms with Gasteiger partial charge >= 0.3 is 0 Å². The highest BCUT2D eigenvalue weighted by Gasteiger charge is 2.21. The molecule has 1 amide bonds. The lowest BCUT2D eigenvalue weighted by Crippen LogP contribution is -2.34. The van der Waals surface area contributed by atoms with E-state index >= 15 is 0 Å². The number of carbonyl (C=O) groups excluding carboxylic acids is 1. The van der Waals surface area contributed by atoms with Gasteiger partial charge < -0.3 is 10.6 Å². The number of anilines is 1. The van der Waals surface area contributed by atoms with Crippen LogP contribution in [0.1, 0.15) is 18.4 Å². The Bertz CT molecular complexity index is 613. The second-order valence-corrected chi connectivity index (χ2v) is 6.57. The molecule has 1 aliphatic rings. The van der Waals surface area contributed by atoms with Crippen LogP contribution < -0.4 is 15.8 Å². The Morgan fingerprint density at radius 1 is 1.33 bits per heavy atom. The molecule has 1 aromatic carbocycles. The number of benzene rings is 1. The average Bonchev–Trinajstić information content (AvgIpc) is 2.40. The van der Waals surface area contributed by atoms with Gasteiger partial charge in [-0.05, 0) is 50.6 Å². The summed E-state index contributed by atoms with van der Waals surface area (Å²) in [5, 5.41) is 11.1. The Morgan fingerprint density at radius 2 is 1.95 bits per heavy atom. The quantitative estimate of drug-likeness (QED) is 0.768. The maximum absolute atomic E-state index is 12.1. The number of hydrogen-bond donors (Lipinski definition) is 3. The highest BCUT2D eigenvalue weighted by Crippen LogP contribution is 2.21. The number of nitrogens with one attached hydrogen (secondary N) is 2. The molecule has 1 fully saturated rings. The maximum Gasteiger partial charge on any atom is 0.238 e. The van der Waals surface area contributed by atoms with E-state index in [1.54, 1.807) is 19.1 Å². The van der Waals surface area contributed by atoms with Gasteiger partial charge in [-0.3, -0.25) is 4.79 Å². The van der Waals surface area contributed by atoms with Crippen LogP contribution in [0, 0.1) is 12.8 Å². The Hall–Kier alpha value is -1.15. The van der Waals surface area contributed by atoms with Gasteiger partial charge in [-0.15, -0.1) is 12.4 Å². The normalized spacial score (nSPS) is 16.1. The van der Waals surface area contributed by atoms with E-state index in [2.05, 4.69) is 10.6 Å². The zero-order chi connectivity index (χ0) is 14.8. The molecule has 2 rings (SSSR count). The fourth-order valence-corrected chi connectivity index (χ4v) is 3.12. The van der Waals surface area contributed by atoms with Crippen LogP contribution in [0.2, 0.25) is 0 Å². The van der Waals surface area contributed by atoms with Crippen LogP contribution in [0.3, 0.4) is 0 Å². The first-order chi connectivity index (χ1) is 9.38. The van der Waals surface area contributed by atoms with Gasteiger partial charge in [-0.25, -0.2) is 13.6 Å². The summed E-state index contributed by atoms with van der Waals surface area (Å²) in [6.07, 6.45) is 1.58. The van der Waals surface area contributed by atoms with Crippen molar-refractivity contribution in [2.75, 3.05) is 18.4 Å². The van der Waals surface area contributed by atoms with E-state index in [-0.39, 0.29) is 29.1 Å². The fourth-order valence-electron chi connectivity index (χ4n) is 2.31. The van der Waals surface area contributed by atoms with Crippen LogP contribution in [0.5, 0.6) is 0 Å². The Labute approximate surface area is 130 Å². The van der Waals surface area contributed by atoms with Gasteiger partial charge in [0.25, 0.3) is 0 Å². The van der Waals surface area contributed by atoms with Crippen molar-refractivity contribution in [1.29, 1.82) is 0 Å². The summed E-state index contributed by atoms with van der Waals surface area (Å²) in [7, 11) is -3.78. The van der Waals surface area contributed by atoms with Gasteiger partial charge in [0.15, 0.2) is 0 Å². The first kappa shape index (κ1) is 17.9. The number of primary sulfonamides is 1. The first-order valence-corrected chi connectivity index (χ1v) is 8.07. The number of rotatable bonds is 3. The largest absolute Gasteiger partial charge is 0.326 e. The number of halogens is 1. The molecule has 0 atom stereocenters. The summed E-state index contributed by atoms with van der Waals surface area (Å²) in [5.74, 6) is -0.105. The van der Waals surface area contributed by atoms with Gasteiger partial charge in [0.2, 0.25) is 15.9 Å². The summed E-state index contributed by atoms with van der Waals surface area (Å²) in [6.45, 7) is 3.32. The average molecular weight is 334 g/mol. The van der Waals surface area contributed by atoms with Crippen molar-refractivity contribution in [1.82, 2.24) is 5.32 Å². The van der Waals surface area contributed by atoms with Crippen molar-refractivity contribution in [2.45, 2.75) is 24.7 Å². The van der Waals surface area contributed by atoms with Gasteiger partial charge in [0.05, 0.1) is 4.90 Å². The van der Waals surface area contributed by atoms with Crippen molar-refractivity contribution < 1.29 is 13.2 Å². The van der Waals surface area contributed by atoms with Crippen LogP contribution in [-0.2, 0) is 14.8 Å². The predicted octanol–water partition coefficient (Wildman–Crippen LogP) is 1.00. The molecular weight excluding hydrogens is 314 g/mol. The molecule has 1 aliphatic heterocycles. The molecule has 0 aromatic heterocycles. The minimum Gasteiger partial charge on any atom is -0.326 e. The zero-order valence-corrected chi connectivity index (χ0v) is 13.4. The molecule has 0 spiro atoms. The summed E-state index contributed by atoms with van der Waals surface area (Å²) < 4.78 is 22.9. The third kappa shape index (κ3) is 4.67. The monoisotopic (exact) mass is 333 g/mol. The van der Waals surface area contributed by atoms with Crippen LogP contribution in [-0.4, -0.2) is 27.4 Å².